The van der Waals surface area contributed by atoms with Gasteiger partial charge in [-0.25, -0.2) is 0 Å². The van der Waals surface area contributed by atoms with Crippen molar-refractivity contribution in [3.63, 3.8) is 0 Å². The van der Waals surface area contributed by atoms with Gasteiger partial charge in [0.05, 0.1) is 11.4 Å². The standard InChI is InChI=1S/C13H23N5O/c1-9-11(14)12(17(3)16-9)15-10(2)13(19)18-7-5-4-6-8-18/h10,15H,4-8,14H2,1-3H3. The van der Waals surface area contributed by atoms with Gasteiger partial charge in [0.25, 0.3) is 0 Å². The molecule has 1 atom stereocenters. The van der Waals surface area contributed by atoms with Gasteiger partial charge in [-0.05, 0) is 33.1 Å². The largest absolute Gasteiger partial charge is 0.394 e. The zero-order valence-electron chi connectivity index (χ0n) is 11.9. The molecule has 106 valence electrons. The fraction of sp³-hybridized carbons (Fsp3) is 0.692. The maximum atomic E-state index is 12.3. The predicted molar refractivity (Wildman–Crippen MR) is 75.9 cm³/mol. The molecule has 2 rings (SSSR count). The molecule has 1 aromatic rings. The van der Waals surface area contributed by atoms with Gasteiger partial charge in [0.2, 0.25) is 5.91 Å². The summed E-state index contributed by atoms with van der Waals surface area (Å²) in [5.74, 6) is 0.855. The summed E-state index contributed by atoms with van der Waals surface area (Å²) in [4.78, 5) is 14.3. The Labute approximate surface area is 113 Å². The summed E-state index contributed by atoms with van der Waals surface area (Å²) in [6.07, 6.45) is 3.43. The van der Waals surface area contributed by atoms with Crippen LogP contribution in [0.15, 0.2) is 0 Å². The van der Waals surface area contributed by atoms with E-state index in [1.165, 1.54) is 6.42 Å². The Hall–Kier alpha value is -1.72. The van der Waals surface area contributed by atoms with Crippen LogP contribution in [0.25, 0.3) is 0 Å². The number of rotatable bonds is 3. The van der Waals surface area contributed by atoms with Gasteiger partial charge in [0.1, 0.15) is 11.9 Å². The van der Waals surface area contributed by atoms with Crippen molar-refractivity contribution in [2.24, 2.45) is 7.05 Å². The molecule has 0 aliphatic carbocycles. The summed E-state index contributed by atoms with van der Waals surface area (Å²) < 4.78 is 1.69. The lowest BCUT2D eigenvalue weighted by Gasteiger charge is -2.29. The number of likely N-dealkylation sites (tertiary alicyclic amines) is 1. The summed E-state index contributed by atoms with van der Waals surface area (Å²) in [6.45, 7) is 5.46. The SMILES string of the molecule is Cc1nn(C)c(NC(C)C(=O)N2CCCCC2)c1N. The van der Waals surface area contributed by atoms with Crippen molar-refractivity contribution in [3.8, 4) is 0 Å². The molecule has 0 bridgehead atoms. The maximum Gasteiger partial charge on any atom is 0.244 e. The van der Waals surface area contributed by atoms with Crippen LogP contribution in [-0.2, 0) is 11.8 Å². The number of anilines is 2. The maximum absolute atomic E-state index is 12.3. The summed E-state index contributed by atoms with van der Waals surface area (Å²) in [6, 6.07) is -0.282. The van der Waals surface area contributed by atoms with Crippen molar-refractivity contribution < 1.29 is 4.79 Å². The fourth-order valence-electron chi connectivity index (χ4n) is 2.50. The number of nitrogens with one attached hydrogen (secondary N) is 1. The monoisotopic (exact) mass is 265 g/mol. The number of aromatic nitrogens is 2. The van der Waals surface area contributed by atoms with Crippen molar-refractivity contribution in [3.05, 3.63) is 5.69 Å². The first-order valence-corrected chi connectivity index (χ1v) is 6.85. The molecule has 6 nitrogen and oxygen atoms in total. The molecule has 3 N–H and O–H groups in total. The quantitative estimate of drug-likeness (QED) is 0.859. The zero-order valence-corrected chi connectivity index (χ0v) is 11.9. The highest BCUT2D eigenvalue weighted by atomic mass is 16.2. The van der Waals surface area contributed by atoms with Crippen LogP contribution >= 0.6 is 0 Å². The van der Waals surface area contributed by atoms with Gasteiger partial charge >= 0.3 is 0 Å². The van der Waals surface area contributed by atoms with Gasteiger partial charge in [0.15, 0.2) is 0 Å². The molecule has 1 unspecified atom stereocenters. The van der Waals surface area contributed by atoms with E-state index in [1.807, 2.05) is 25.8 Å². The van der Waals surface area contributed by atoms with Crippen LogP contribution in [0.5, 0.6) is 0 Å². The number of hydrogen-bond acceptors (Lipinski definition) is 4. The molecule has 19 heavy (non-hydrogen) atoms. The molecular weight excluding hydrogens is 242 g/mol. The predicted octanol–water partition coefficient (Wildman–Crippen LogP) is 1.12. The molecule has 0 aromatic carbocycles. The molecule has 0 saturated carbocycles. The Morgan fingerprint density at radius 1 is 1.37 bits per heavy atom. The van der Waals surface area contributed by atoms with E-state index >= 15 is 0 Å². The van der Waals surface area contributed by atoms with Gasteiger partial charge in [-0.3, -0.25) is 9.48 Å². The van der Waals surface area contributed by atoms with Crippen molar-refractivity contribution in [1.29, 1.82) is 0 Å². The number of carbonyl (C=O) groups is 1. The molecule has 2 heterocycles. The Kier molecular flexibility index (Phi) is 3.97. The second-order valence-corrected chi connectivity index (χ2v) is 5.22. The van der Waals surface area contributed by atoms with Gasteiger partial charge in [-0.15, -0.1) is 0 Å². The number of aryl methyl sites for hydroxylation is 2. The number of carbonyl (C=O) groups excluding carboxylic acids is 1. The second kappa shape index (κ2) is 5.50. The van der Waals surface area contributed by atoms with Gasteiger partial charge in [-0.1, -0.05) is 0 Å². The third kappa shape index (κ3) is 2.83. The molecule has 1 amide bonds. The summed E-state index contributed by atoms with van der Waals surface area (Å²) in [5, 5.41) is 7.42. The lowest BCUT2D eigenvalue weighted by Crippen LogP contribution is -2.44. The number of nitrogen functional groups attached to an aromatic ring is 1. The Balaban J connectivity index is 2.03. The minimum absolute atomic E-state index is 0.137. The average Bonchev–Trinajstić information content (AvgIpc) is 2.65. The topological polar surface area (TPSA) is 76.2 Å². The van der Waals surface area contributed by atoms with E-state index in [2.05, 4.69) is 10.4 Å². The minimum Gasteiger partial charge on any atom is -0.394 e. The van der Waals surface area contributed by atoms with Crippen molar-refractivity contribution in [1.82, 2.24) is 14.7 Å². The van der Waals surface area contributed by atoms with E-state index in [9.17, 15) is 4.79 Å². The van der Waals surface area contributed by atoms with Crippen molar-refractivity contribution >= 4 is 17.4 Å². The molecule has 1 saturated heterocycles. The first-order valence-electron chi connectivity index (χ1n) is 6.85. The van der Waals surface area contributed by atoms with Crippen LogP contribution in [0.4, 0.5) is 11.5 Å². The normalized spacial score (nSPS) is 17.3. The minimum atomic E-state index is -0.282. The number of hydrogen-bond donors (Lipinski definition) is 2. The Bertz CT molecular complexity index is 462. The molecule has 6 heteroatoms. The zero-order chi connectivity index (χ0) is 14.0. The van der Waals surface area contributed by atoms with Crippen molar-refractivity contribution in [2.45, 2.75) is 39.2 Å². The van der Waals surface area contributed by atoms with E-state index in [1.54, 1.807) is 4.68 Å². The Morgan fingerprint density at radius 2 is 2.00 bits per heavy atom. The van der Waals surface area contributed by atoms with Crippen LogP contribution in [0.3, 0.4) is 0 Å². The van der Waals surface area contributed by atoms with E-state index in [0.29, 0.717) is 5.69 Å². The molecule has 1 aromatic heterocycles. The summed E-state index contributed by atoms with van der Waals surface area (Å²) in [7, 11) is 1.82. The third-order valence-corrected chi connectivity index (χ3v) is 3.66. The molecule has 1 aliphatic rings. The molecule has 1 fully saturated rings. The van der Waals surface area contributed by atoms with E-state index in [-0.39, 0.29) is 11.9 Å². The fourth-order valence-corrected chi connectivity index (χ4v) is 2.50. The van der Waals surface area contributed by atoms with Gasteiger partial charge in [0, 0.05) is 20.1 Å². The second-order valence-electron chi connectivity index (χ2n) is 5.22. The molecular formula is C13H23N5O. The Morgan fingerprint density at radius 3 is 2.53 bits per heavy atom. The number of nitrogens with zero attached hydrogens (tertiary/aromatic N) is 3. The third-order valence-electron chi connectivity index (χ3n) is 3.66. The number of piperidine rings is 1. The van der Waals surface area contributed by atoms with Crippen LogP contribution in [-0.4, -0.2) is 39.7 Å². The smallest absolute Gasteiger partial charge is 0.244 e. The lowest BCUT2D eigenvalue weighted by atomic mass is 10.1. The first-order chi connectivity index (χ1) is 9.00. The molecule has 0 spiro atoms. The van der Waals surface area contributed by atoms with E-state index in [4.69, 9.17) is 5.73 Å². The summed E-state index contributed by atoms with van der Waals surface area (Å²) >= 11 is 0. The number of nitrogens with two attached hydrogens (primary N) is 1. The first kappa shape index (κ1) is 13.7. The highest BCUT2D eigenvalue weighted by molar-refractivity contribution is 5.85. The lowest BCUT2D eigenvalue weighted by molar-refractivity contribution is -0.132. The van der Waals surface area contributed by atoms with E-state index < -0.39 is 0 Å². The van der Waals surface area contributed by atoms with Crippen LogP contribution in [0, 0.1) is 6.92 Å². The van der Waals surface area contributed by atoms with Crippen LogP contribution in [0.1, 0.15) is 31.9 Å². The average molecular weight is 265 g/mol. The van der Waals surface area contributed by atoms with Crippen LogP contribution < -0.4 is 11.1 Å². The van der Waals surface area contributed by atoms with Crippen molar-refractivity contribution in [2.75, 3.05) is 24.1 Å². The van der Waals surface area contributed by atoms with Gasteiger partial charge < -0.3 is 16.0 Å². The molecule has 1 aliphatic heterocycles. The van der Waals surface area contributed by atoms with Gasteiger partial charge in [-0.2, -0.15) is 5.10 Å². The highest BCUT2D eigenvalue weighted by Crippen LogP contribution is 2.22. The van der Waals surface area contributed by atoms with Crippen LogP contribution in [0.2, 0.25) is 0 Å². The summed E-state index contributed by atoms with van der Waals surface area (Å²) in [5.41, 5.74) is 7.35. The highest BCUT2D eigenvalue weighted by Gasteiger charge is 2.23. The number of amides is 1. The molecule has 0 radical (unpaired) electrons. The van der Waals surface area contributed by atoms with E-state index in [0.717, 1.165) is 37.4 Å².